The Balaban J connectivity index is 2.16. The van der Waals surface area contributed by atoms with E-state index in [4.69, 9.17) is 16.2 Å². The summed E-state index contributed by atoms with van der Waals surface area (Å²) in [6.45, 7) is 3.03. The third-order valence-electron chi connectivity index (χ3n) is 8.21. The molecule has 0 radical (unpaired) electrons. The lowest BCUT2D eigenvalue weighted by Crippen LogP contribution is -2.56. The van der Waals surface area contributed by atoms with Crippen molar-refractivity contribution in [2.75, 3.05) is 32.6 Å². The molecule has 0 saturated heterocycles. The van der Waals surface area contributed by atoms with Gasteiger partial charge in [-0.2, -0.15) is 0 Å². The molecule has 2 aromatic carbocycles. The fraction of sp³-hybridized carbons (Fsp3) is 0.486. The first-order valence-corrected chi connectivity index (χ1v) is 17.1. The number of carbonyl (C=O) groups is 7. The van der Waals surface area contributed by atoms with E-state index in [-0.39, 0.29) is 38.2 Å². The van der Waals surface area contributed by atoms with Crippen LogP contribution in [0.3, 0.4) is 0 Å². The Morgan fingerprint density at radius 3 is 2.19 bits per heavy atom. The SMILES string of the molecule is CC[C@H](C)[C@H](NC(=O)CCC(=O)OC)C(=O)N[C@@H](CCC(=O)O)C(=O)NCC(=O)N[C@@H](CCCN=C(N)N)C(=O)Nc1cc(OC)c2ccccc2c1. The van der Waals surface area contributed by atoms with Crippen LogP contribution < -0.4 is 42.8 Å². The first kappa shape index (κ1) is 43.2. The Hall–Kier alpha value is -5.94. The molecule has 0 fully saturated rings. The number of aliphatic imine (C=N–C) groups is 1. The molecule has 0 aliphatic rings. The minimum Gasteiger partial charge on any atom is -0.496 e. The molecule has 5 amide bonds. The summed E-state index contributed by atoms with van der Waals surface area (Å²) in [5.74, 6) is -5.41. The first-order chi connectivity index (χ1) is 25.2. The molecule has 0 aliphatic heterocycles. The second-order valence-corrected chi connectivity index (χ2v) is 12.2. The van der Waals surface area contributed by atoms with Gasteiger partial charge in [-0.05, 0) is 36.6 Å². The highest BCUT2D eigenvalue weighted by Gasteiger charge is 2.31. The molecule has 0 aliphatic carbocycles. The van der Waals surface area contributed by atoms with E-state index in [1.165, 1.54) is 14.2 Å². The second kappa shape index (κ2) is 22.1. The fourth-order valence-corrected chi connectivity index (χ4v) is 5.12. The van der Waals surface area contributed by atoms with E-state index in [1.54, 1.807) is 26.0 Å². The number of methoxy groups -OCH3 is 2. The maximum atomic E-state index is 13.4. The highest BCUT2D eigenvalue weighted by Crippen LogP contribution is 2.30. The highest BCUT2D eigenvalue weighted by atomic mass is 16.5. The number of ether oxygens (including phenoxy) is 2. The Bertz CT molecular complexity index is 1650. The van der Waals surface area contributed by atoms with Crippen LogP contribution in [0, 0.1) is 5.92 Å². The van der Waals surface area contributed by atoms with Crippen LogP contribution in [0.1, 0.15) is 58.8 Å². The summed E-state index contributed by atoms with van der Waals surface area (Å²) in [7, 11) is 2.68. The zero-order valence-electron chi connectivity index (χ0n) is 30.4. The summed E-state index contributed by atoms with van der Waals surface area (Å²) < 4.78 is 10.0. The molecular weight excluding hydrogens is 692 g/mol. The Morgan fingerprint density at radius 1 is 0.849 bits per heavy atom. The zero-order chi connectivity index (χ0) is 39.5. The van der Waals surface area contributed by atoms with Crippen LogP contribution in [-0.4, -0.2) is 98.0 Å². The van der Waals surface area contributed by atoms with Crippen LogP contribution in [0.15, 0.2) is 41.4 Å². The number of nitrogens with two attached hydrogens (primary N) is 2. The van der Waals surface area contributed by atoms with E-state index in [2.05, 4.69) is 36.3 Å². The van der Waals surface area contributed by atoms with E-state index in [0.29, 0.717) is 24.3 Å². The van der Waals surface area contributed by atoms with Gasteiger partial charge in [0.1, 0.15) is 23.9 Å². The molecule has 18 nitrogen and oxygen atoms in total. The number of anilines is 1. The smallest absolute Gasteiger partial charge is 0.306 e. The van der Waals surface area contributed by atoms with Crippen LogP contribution in [0.4, 0.5) is 5.69 Å². The van der Waals surface area contributed by atoms with Gasteiger partial charge in [0.15, 0.2) is 5.96 Å². The fourth-order valence-electron chi connectivity index (χ4n) is 5.12. The van der Waals surface area contributed by atoms with Crippen LogP contribution >= 0.6 is 0 Å². The average molecular weight is 743 g/mol. The van der Waals surface area contributed by atoms with Crippen LogP contribution in [0.25, 0.3) is 10.8 Å². The van der Waals surface area contributed by atoms with Crippen molar-refractivity contribution in [3.63, 3.8) is 0 Å². The number of nitrogens with zero attached hydrogens (tertiary/aromatic N) is 1. The van der Waals surface area contributed by atoms with Crippen molar-refractivity contribution in [1.29, 1.82) is 0 Å². The number of amides is 5. The average Bonchev–Trinajstić information content (AvgIpc) is 3.13. The lowest BCUT2D eigenvalue weighted by atomic mass is 9.97. The van der Waals surface area contributed by atoms with Crippen molar-refractivity contribution in [2.24, 2.45) is 22.4 Å². The quantitative estimate of drug-likeness (QED) is 0.0349. The lowest BCUT2D eigenvalue weighted by Gasteiger charge is -2.26. The molecule has 18 heteroatoms. The zero-order valence-corrected chi connectivity index (χ0v) is 30.4. The molecule has 0 bridgehead atoms. The van der Waals surface area contributed by atoms with E-state index in [0.717, 1.165) is 10.8 Å². The molecule has 0 aromatic heterocycles. The summed E-state index contributed by atoms with van der Waals surface area (Å²) in [5, 5.41) is 23.7. The lowest BCUT2D eigenvalue weighted by molar-refractivity contribution is -0.142. The van der Waals surface area contributed by atoms with E-state index < -0.39 is 78.5 Å². The van der Waals surface area contributed by atoms with Crippen LogP contribution in [0.5, 0.6) is 5.75 Å². The summed E-state index contributed by atoms with van der Waals surface area (Å²) in [6.07, 6.45) is -0.397. The maximum absolute atomic E-state index is 13.4. The minimum atomic E-state index is -1.40. The van der Waals surface area contributed by atoms with Gasteiger partial charge in [0.2, 0.25) is 29.5 Å². The van der Waals surface area contributed by atoms with Crippen molar-refractivity contribution in [3.05, 3.63) is 36.4 Å². The summed E-state index contributed by atoms with van der Waals surface area (Å²) in [4.78, 5) is 92.3. The van der Waals surface area contributed by atoms with Gasteiger partial charge in [-0.25, -0.2) is 0 Å². The monoisotopic (exact) mass is 742 g/mol. The molecule has 0 saturated carbocycles. The predicted molar refractivity (Wildman–Crippen MR) is 195 cm³/mol. The van der Waals surface area contributed by atoms with Gasteiger partial charge in [0, 0.05) is 36.5 Å². The number of carboxylic acids is 1. The van der Waals surface area contributed by atoms with Crippen LogP contribution in [-0.2, 0) is 38.3 Å². The third kappa shape index (κ3) is 15.1. The normalized spacial score (nSPS) is 12.9. The standard InChI is InChI=1S/C35H50N8O10/c1-5-20(2)31(43-27(44)13-15-30(48)53-4)34(51)42-25(12-14-29(46)47)32(49)39-19-28(45)41-24(11-8-16-38-35(36)37)33(50)40-22-17-21-9-6-7-10-23(21)26(18-22)52-3/h6-7,9-10,17-18,20,24-25,31H,5,8,11-16,19H2,1-4H3,(H,39,49)(H,40,50)(H,41,45)(H,42,51)(H,43,44)(H,46,47)(H4,36,37,38)/t20-,24-,25-,31-/m0/s1. The number of guanidine groups is 1. The molecule has 0 unspecified atom stereocenters. The minimum absolute atomic E-state index is 0.118. The molecule has 290 valence electrons. The number of carbonyl (C=O) groups excluding carboxylic acids is 6. The molecule has 0 spiro atoms. The number of rotatable bonds is 22. The van der Waals surface area contributed by atoms with Gasteiger partial charge in [0.05, 0.1) is 27.2 Å². The largest absolute Gasteiger partial charge is 0.496 e. The predicted octanol–water partition coefficient (Wildman–Crippen LogP) is 0.275. The molecule has 2 aromatic rings. The second-order valence-electron chi connectivity index (χ2n) is 12.2. The molecule has 0 heterocycles. The van der Waals surface area contributed by atoms with Gasteiger partial charge in [-0.15, -0.1) is 0 Å². The van der Waals surface area contributed by atoms with Gasteiger partial charge < -0.3 is 52.6 Å². The van der Waals surface area contributed by atoms with Crippen LogP contribution in [0.2, 0.25) is 0 Å². The number of fused-ring (bicyclic) bond motifs is 1. The van der Waals surface area contributed by atoms with Crippen molar-refractivity contribution in [2.45, 2.75) is 76.9 Å². The molecular formula is C35H50N8O10. The Kier molecular flexibility index (Phi) is 18.0. The Morgan fingerprint density at radius 2 is 1.55 bits per heavy atom. The van der Waals surface area contributed by atoms with E-state index in [1.807, 2.05) is 24.3 Å². The number of nitrogens with one attached hydrogen (secondary N) is 5. The first-order valence-electron chi connectivity index (χ1n) is 17.1. The van der Waals surface area contributed by atoms with E-state index in [9.17, 15) is 38.7 Å². The number of carboxylic acid groups (broad SMARTS) is 1. The highest BCUT2D eigenvalue weighted by molar-refractivity contribution is 6.01. The van der Waals surface area contributed by atoms with Gasteiger partial charge >= 0.3 is 11.9 Å². The molecule has 2 rings (SSSR count). The van der Waals surface area contributed by atoms with Gasteiger partial charge in [-0.3, -0.25) is 38.6 Å². The van der Waals surface area contributed by atoms with Crippen molar-refractivity contribution >= 4 is 63.9 Å². The number of benzene rings is 2. The molecule has 4 atom stereocenters. The summed E-state index contributed by atoms with van der Waals surface area (Å²) in [6, 6.07) is 7.20. The topological polar surface area (TPSA) is 283 Å². The van der Waals surface area contributed by atoms with Gasteiger partial charge in [-0.1, -0.05) is 44.5 Å². The number of esters is 1. The molecule has 10 N–H and O–H groups in total. The molecule has 53 heavy (non-hydrogen) atoms. The number of hydrogen-bond acceptors (Lipinski definition) is 10. The van der Waals surface area contributed by atoms with E-state index >= 15 is 0 Å². The maximum Gasteiger partial charge on any atom is 0.306 e. The third-order valence-corrected chi connectivity index (χ3v) is 8.21. The van der Waals surface area contributed by atoms with Crippen molar-refractivity contribution in [3.8, 4) is 5.75 Å². The Labute approximate surface area is 307 Å². The van der Waals surface area contributed by atoms with Crippen molar-refractivity contribution < 1.29 is 48.1 Å². The summed E-state index contributed by atoms with van der Waals surface area (Å²) >= 11 is 0. The van der Waals surface area contributed by atoms with Crippen molar-refractivity contribution in [1.82, 2.24) is 21.3 Å². The van der Waals surface area contributed by atoms with Gasteiger partial charge in [0.25, 0.3) is 0 Å². The number of aliphatic carboxylic acids is 1. The summed E-state index contributed by atoms with van der Waals surface area (Å²) in [5.41, 5.74) is 11.2. The number of hydrogen-bond donors (Lipinski definition) is 8.